The van der Waals surface area contributed by atoms with Crippen LogP contribution in [0.1, 0.15) is 18.1 Å². The second-order valence-corrected chi connectivity index (χ2v) is 8.32. The molecule has 28 heavy (non-hydrogen) atoms. The van der Waals surface area contributed by atoms with Crippen molar-refractivity contribution in [2.75, 3.05) is 13.7 Å². The van der Waals surface area contributed by atoms with Gasteiger partial charge in [0.2, 0.25) is 0 Å². The Hall–Kier alpha value is -1.73. The van der Waals surface area contributed by atoms with E-state index in [2.05, 4.69) is 0 Å². The van der Waals surface area contributed by atoms with Crippen LogP contribution in [-0.4, -0.2) is 28.8 Å². The molecule has 1 saturated heterocycles. The molecule has 0 N–H and O–H groups in total. The van der Waals surface area contributed by atoms with Crippen LogP contribution < -0.4 is 9.47 Å². The number of carbonyl (C=O) groups is 1. The van der Waals surface area contributed by atoms with Crippen LogP contribution in [0.15, 0.2) is 41.3 Å². The minimum Gasteiger partial charge on any atom is -0.493 e. The lowest BCUT2D eigenvalue weighted by molar-refractivity contribution is -0.121. The zero-order valence-corrected chi connectivity index (χ0v) is 18.3. The third-order valence-electron chi connectivity index (χ3n) is 4.11. The molecule has 2 aromatic rings. The van der Waals surface area contributed by atoms with Gasteiger partial charge in [0.15, 0.2) is 11.5 Å². The van der Waals surface area contributed by atoms with Crippen LogP contribution in [0.25, 0.3) is 6.08 Å². The van der Waals surface area contributed by atoms with Crippen molar-refractivity contribution < 1.29 is 14.3 Å². The molecule has 4 nitrogen and oxygen atoms in total. The monoisotopic (exact) mass is 453 g/mol. The minimum atomic E-state index is -0.0786. The molecule has 146 valence electrons. The Morgan fingerprint density at radius 2 is 1.89 bits per heavy atom. The first-order chi connectivity index (χ1) is 13.4. The van der Waals surface area contributed by atoms with E-state index in [4.69, 9.17) is 44.9 Å². The molecule has 0 radical (unpaired) electrons. The summed E-state index contributed by atoms with van der Waals surface area (Å²) in [5, 5.41) is 1.09. The zero-order chi connectivity index (χ0) is 20.3. The molecule has 0 aliphatic carbocycles. The standard InChI is InChI=1S/C20H17Cl2NO3S2/c1-3-23-19(24)18(28-20(23)27)10-12-7-8-16(17(9-12)25-2)26-11-13-14(21)5-4-6-15(13)22/h4-10H,3,11H2,1-2H3/b18-10-. The first kappa shape index (κ1) is 21.0. The van der Waals surface area contributed by atoms with Crippen molar-refractivity contribution in [2.45, 2.75) is 13.5 Å². The quantitative estimate of drug-likeness (QED) is 0.407. The van der Waals surface area contributed by atoms with Gasteiger partial charge in [-0.2, -0.15) is 0 Å². The molecule has 8 heteroatoms. The van der Waals surface area contributed by atoms with E-state index in [9.17, 15) is 4.79 Å². The first-order valence-corrected chi connectivity index (χ1v) is 10.4. The van der Waals surface area contributed by atoms with Gasteiger partial charge >= 0.3 is 0 Å². The summed E-state index contributed by atoms with van der Waals surface area (Å²) in [6.45, 7) is 2.67. The predicted octanol–water partition coefficient (Wildman–Crippen LogP) is 5.80. The van der Waals surface area contributed by atoms with E-state index in [1.165, 1.54) is 11.8 Å². The van der Waals surface area contributed by atoms with Gasteiger partial charge in [-0.15, -0.1) is 0 Å². The fourth-order valence-electron chi connectivity index (χ4n) is 2.64. The first-order valence-electron chi connectivity index (χ1n) is 8.43. The van der Waals surface area contributed by atoms with Crippen LogP contribution >= 0.6 is 47.2 Å². The Kier molecular flexibility index (Phi) is 6.88. The van der Waals surface area contributed by atoms with Crippen molar-refractivity contribution in [1.29, 1.82) is 0 Å². The number of thioether (sulfide) groups is 1. The second-order valence-electron chi connectivity index (χ2n) is 5.83. The third-order valence-corrected chi connectivity index (χ3v) is 6.19. The van der Waals surface area contributed by atoms with Crippen molar-refractivity contribution in [3.8, 4) is 11.5 Å². The van der Waals surface area contributed by atoms with Crippen molar-refractivity contribution in [3.63, 3.8) is 0 Å². The molecule has 0 unspecified atom stereocenters. The molecule has 1 fully saturated rings. The van der Waals surface area contributed by atoms with Crippen LogP contribution in [0.4, 0.5) is 0 Å². The normalized spacial score (nSPS) is 15.4. The highest BCUT2D eigenvalue weighted by molar-refractivity contribution is 8.26. The summed E-state index contributed by atoms with van der Waals surface area (Å²) in [5.41, 5.74) is 1.52. The van der Waals surface area contributed by atoms with Crippen LogP contribution in [-0.2, 0) is 11.4 Å². The summed E-state index contributed by atoms with van der Waals surface area (Å²) < 4.78 is 11.9. The molecule has 0 saturated carbocycles. The Labute approximate surface area is 183 Å². The fourth-order valence-corrected chi connectivity index (χ4v) is 4.53. The Morgan fingerprint density at radius 3 is 2.50 bits per heavy atom. The third kappa shape index (κ3) is 4.46. The van der Waals surface area contributed by atoms with E-state index < -0.39 is 0 Å². The Bertz CT molecular complexity index is 942. The van der Waals surface area contributed by atoms with Crippen molar-refractivity contribution in [1.82, 2.24) is 4.90 Å². The lowest BCUT2D eigenvalue weighted by atomic mass is 10.1. The molecule has 3 rings (SSSR count). The van der Waals surface area contributed by atoms with Gasteiger partial charge in [0, 0.05) is 22.2 Å². The number of ether oxygens (including phenoxy) is 2. The average Bonchev–Trinajstić information content (AvgIpc) is 2.94. The number of rotatable bonds is 6. The zero-order valence-electron chi connectivity index (χ0n) is 15.2. The molecule has 0 bridgehead atoms. The average molecular weight is 454 g/mol. The lowest BCUT2D eigenvalue weighted by Crippen LogP contribution is -2.27. The van der Waals surface area contributed by atoms with Crippen LogP contribution in [0, 0.1) is 0 Å². The molecule has 0 spiro atoms. The number of thiocarbonyl (C=S) groups is 1. The second kappa shape index (κ2) is 9.18. The van der Waals surface area contributed by atoms with Gasteiger partial charge < -0.3 is 9.47 Å². The van der Waals surface area contributed by atoms with Gasteiger partial charge in [-0.3, -0.25) is 9.69 Å². The number of amides is 1. The number of methoxy groups -OCH3 is 1. The molecular formula is C20H17Cl2NO3S2. The minimum absolute atomic E-state index is 0.0786. The maximum atomic E-state index is 12.4. The molecular weight excluding hydrogens is 437 g/mol. The molecule has 0 aromatic heterocycles. The molecule has 1 amide bonds. The summed E-state index contributed by atoms with van der Waals surface area (Å²) in [6.07, 6.45) is 1.80. The molecule has 1 heterocycles. The van der Waals surface area contributed by atoms with Gasteiger partial charge in [0.25, 0.3) is 5.91 Å². The maximum absolute atomic E-state index is 12.4. The summed E-state index contributed by atoms with van der Waals surface area (Å²) in [4.78, 5) is 14.5. The van der Waals surface area contributed by atoms with Gasteiger partial charge in [-0.25, -0.2) is 0 Å². The van der Waals surface area contributed by atoms with E-state index in [-0.39, 0.29) is 12.5 Å². The number of carbonyl (C=O) groups excluding carboxylic acids is 1. The Balaban J connectivity index is 1.80. The summed E-state index contributed by atoms with van der Waals surface area (Å²) in [5.74, 6) is 1.02. The number of hydrogen-bond acceptors (Lipinski definition) is 5. The van der Waals surface area contributed by atoms with E-state index in [1.807, 2.05) is 19.1 Å². The summed E-state index contributed by atoms with van der Waals surface area (Å²) in [6, 6.07) is 10.8. The number of halogens is 2. The highest BCUT2D eigenvalue weighted by atomic mass is 35.5. The number of hydrogen-bond donors (Lipinski definition) is 0. The van der Waals surface area contributed by atoms with Gasteiger partial charge in [-0.05, 0) is 42.8 Å². The highest BCUT2D eigenvalue weighted by Gasteiger charge is 2.30. The van der Waals surface area contributed by atoms with Crippen molar-refractivity contribution in [3.05, 3.63) is 62.5 Å². The van der Waals surface area contributed by atoms with Crippen LogP contribution in [0.3, 0.4) is 0 Å². The van der Waals surface area contributed by atoms with Gasteiger partial charge in [-0.1, -0.05) is 59.3 Å². The molecule has 1 aliphatic heterocycles. The smallest absolute Gasteiger partial charge is 0.266 e. The molecule has 0 atom stereocenters. The van der Waals surface area contributed by atoms with E-state index >= 15 is 0 Å². The molecule has 2 aromatic carbocycles. The summed E-state index contributed by atoms with van der Waals surface area (Å²) in [7, 11) is 1.56. The topological polar surface area (TPSA) is 38.8 Å². The lowest BCUT2D eigenvalue weighted by Gasteiger charge is -2.13. The van der Waals surface area contributed by atoms with Crippen LogP contribution in [0.2, 0.25) is 10.0 Å². The number of likely N-dealkylation sites (N-methyl/N-ethyl adjacent to an activating group) is 1. The van der Waals surface area contributed by atoms with Crippen LogP contribution in [0.5, 0.6) is 11.5 Å². The van der Waals surface area contributed by atoms with Gasteiger partial charge in [0.1, 0.15) is 10.9 Å². The maximum Gasteiger partial charge on any atom is 0.266 e. The van der Waals surface area contributed by atoms with E-state index in [1.54, 1.807) is 42.4 Å². The van der Waals surface area contributed by atoms with Crippen molar-refractivity contribution in [2.24, 2.45) is 0 Å². The summed E-state index contributed by atoms with van der Waals surface area (Å²) >= 11 is 18.9. The predicted molar refractivity (Wildman–Crippen MR) is 119 cm³/mol. The van der Waals surface area contributed by atoms with Gasteiger partial charge in [0.05, 0.1) is 12.0 Å². The Morgan fingerprint density at radius 1 is 1.18 bits per heavy atom. The van der Waals surface area contributed by atoms with E-state index in [0.717, 1.165) is 5.56 Å². The SMILES string of the molecule is CCN1C(=O)/C(=C/c2ccc(OCc3c(Cl)cccc3Cl)c(OC)c2)SC1=S. The number of nitrogens with zero attached hydrogens (tertiary/aromatic N) is 1. The molecule has 1 aliphatic rings. The highest BCUT2D eigenvalue weighted by Crippen LogP contribution is 2.35. The fraction of sp³-hybridized carbons (Fsp3) is 0.200. The van der Waals surface area contributed by atoms with Crippen molar-refractivity contribution >= 4 is 63.5 Å². The largest absolute Gasteiger partial charge is 0.493 e. The van der Waals surface area contributed by atoms with E-state index in [0.29, 0.717) is 42.9 Å². The number of benzene rings is 2.